The van der Waals surface area contributed by atoms with Crippen molar-refractivity contribution in [2.75, 3.05) is 43.4 Å². The zero-order valence-electron chi connectivity index (χ0n) is 17.9. The summed E-state index contributed by atoms with van der Waals surface area (Å²) in [6, 6.07) is 14.8. The summed E-state index contributed by atoms with van der Waals surface area (Å²) in [5, 5.41) is 3.05. The number of nitrogens with zero attached hydrogens (tertiary/aromatic N) is 2. The van der Waals surface area contributed by atoms with E-state index in [1.165, 1.54) is 0 Å². The molecule has 1 saturated heterocycles. The SMILES string of the molecule is CN1CCN(c2ccccc2NC(=O)CCc2ccc(S(=O)(=O)NC3CC3)cc2)CC1. The summed E-state index contributed by atoms with van der Waals surface area (Å²) in [4.78, 5) is 17.5. The van der Waals surface area contributed by atoms with Gasteiger partial charge in [0.2, 0.25) is 15.9 Å². The van der Waals surface area contributed by atoms with Gasteiger partial charge in [0.15, 0.2) is 0 Å². The van der Waals surface area contributed by atoms with Gasteiger partial charge in [-0.3, -0.25) is 4.79 Å². The molecule has 4 rings (SSSR count). The fourth-order valence-corrected chi connectivity index (χ4v) is 5.00. The average Bonchev–Trinajstić information content (AvgIpc) is 3.57. The maximum atomic E-state index is 12.6. The van der Waals surface area contributed by atoms with E-state index in [1.54, 1.807) is 24.3 Å². The van der Waals surface area contributed by atoms with Gasteiger partial charge in [0.05, 0.1) is 16.3 Å². The Labute approximate surface area is 184 Å². The highest BCUT2D eigenvalue weighted by Crippen LogP contribution is 2.27. The molecule has 2 aliphatic rings. The van der Waals surface area contributed by atoms with Crippen LogP contribution in [-0.2, 0) is 21.2 Å². The van der Waals surface area contributed by atoms with Crippen LogP contribution in [0.4, 0.5) is 11.4 Å². The Balaban J connectivity index is 1.32. The summed E-state index contributed by atoms with van der Waals surface area (Å²) in [5.74, 6) is -0.0475. The number of hydrogen-bond donors (Lipinski definition) is 2. The number of hydrogen-bond acceptors (Lipinski definition) is 5. The molecular weight excluding hydrogens is 412 g/mol. The van der Waals surface area contributed by atoms with Crippen LogP contribution in [0.15, 0.2) is 53.4 Å². The van der Waals surface area contributed by atoms with Gasteiger partial charge in [-0.05, 0) is 56.1 Å². The van der Waals surface area contributed by atoms with E-state index in [0.29, 0.717) is 12.8 Å². The quantitative estimate of drug-likeness (QED) is 0.656. The lowest BCUT2D eigenvalue weighted by Gasteiger charge is -2.35. The van der Waals surface area contributed by atoms with Crippen molar-refractivity contribution in [2.24, 2.45) is 0 Å². The third-order valence-corrected chi connectivity index (χ3v) is 7.33. The summed E-state index contributed by atoms with van der Waals surface area (Å²) < 4.78 is 27.2. The van der Waals surface area contributed by atoms with Crippen molar-refractivity contribution < 1.29 is 13.2 Å². The predicted molar refractivity (Wildman–Crippen MR) is 123 cm³/mol. The minimum atomic E-state index is -3.44. The first-order valence-electron chi connectivity index (χ1n) is 10.8. The van der Waals surface area contributed by atoms with E-state index in [1.807, 2.05) is 18.2 Å². The number of sulfonamides is 1. The van der Waals surface area contributed by atoms with Crippen LogP contribution < -0.4 is 14.9 Å². The molecule has 0 aromatic heterocycles. The number of nitrogens with one attached hydrogen (secondary N) is 2. The minimum Gasteiger partial charge on any atom is -0.367 e. The van der Waals surface area contributed by atoms with Gasteiger partial charge >= 0.3 is 0 Å². The van der Waals surface area contributed by atoms with E-state index < -0.39 is 10.0 Å². The molecular formula is C23H30N4O3S. The highest BCUT2D eigenvalue weighted by Gasteiger charge is 2.27. The third-order valence-electron chi connectivity index (χ3n) is 5.80. The van der Waals surface area contributed by atoms with E-state index in [4.69, 9.17) is 0 Å². The van der Waals surface area contributed by atoms with Crippen molar-refractivity contribution in [3.63, 3.8) is 0 Å². The summed E-state index contributed by atoms with van der Waals surface area (Å²) in [7, 11) is -1.32. The Morgan fingerprint density at radius 1 is 1.00 bits per heavy atom. The van der Waals surface area contributed by atoms with Crippen LogP contribution in [-0.4, -0.2) is 58.5 Å². The van der Waals surface area contributed by atoms with Gasteiger partial charge in [0.25, 0.3) is 0 Å². The van der Waals surface area contributed by atoms with Gasteiger partial charge < -0.3 is 15.1 Å². The monoisotopic (exact) mass is 442 g/mol. The van der Waals surface area contributed by atoms with Crippen molar-refractivity contribution in [3.8, 4) is 0 Å². The topological polar surface area (TPSA) is 81.8 Å². The van der Waals surface area contributed by atoms with Gasteiger partial charge in [-0.1, -0.05) is 24.3 Å². The molecule has 0 radical (unpaired) electrons. The zero-order valence-corrected chi connectivity index (χ0v) is 18.7. The van der Waals surface area contributed by atoms with Crippen LogP contribution in [0.1, 0.15) is 24.8 Å². The molecule has 0 spiro atoms. The molecule has 7 nitrogen and oxygen atoms in total. The Morgan fingerprint density at radius 2 is 1.68 bits per heavy atom. The van der Waals surface area contributed by atoms with Crippen LogP contribution in [0.2, 0.25) is 0 Å². The zero-order chi connectivity index (χ0) is 21.8. The van der Waals surface area contributed by atoms with E-state index in [0.717, 1.165) is 56.0 Å². The van der Waals surface area contributed by atoms with Crippen LogP contribution in [0.3, 0.4) is 0 Å². The third kappa shape index (κ3) is 5.84. The summed E-state index contributed by atoms with van der Waals surface area (Å²) in [6.07, 6.45) is 2.71. The predicted octanol–water partition coefficient (Wildman–Crippen LogP) is 2.45. The maximum Gasteiger partial charge on any atom is 0.240 e. The van der Waals surface area contributed by atoms with Crippen LogP contribution in [0.25, 0.3) is 0 Å². The van der Waals surface area contributed by atoms with E-state index in [9.17, 15) is 13.2 Å². The van der Waals surface area contributed by atoms with E-state index in [-0.39, 0.29) is 16.8 Å². The molecule has 31 heavy (non-hydrogen) atoms. The Morgan fingerprint density at radius 3 is 2.35 bits per heavy atom. The molecule has 8 heteroatoms. The van der Waals surface area contributed by atoms with Gasteiger partial charge in [0.1, 0.15) is 0 Å². The number of amides is 1. The fraction of sp³-hybridized carbons (Fsp3) is 0.435. The maximum absolute atomic E-state index is 12.6. The smallest absolute Gasteiger partial charge is 0.240 e. The second-order valence-electron chi connectivity index (χ2n) is 8.40. The van der Waals surface area contributed by atoms with Crippen molar-refractivity contribution >= 4 is 27.3 Å². The number of likely N-dealkylation sites (N-methyl/N-ethyl adjacent to an activating group) is 1. The molecule has 0 unspecified atom stereocenters. The summed E-state index contributed by atoms with van der Waals surface area (Å²) in [5.41, 5.74) is 2.83. The molecule has 0 bridgehead atoms. The molecule has 2 aromatic rings. The number of rotatable bonds is 8. The molecule has 2 fully saturated rings. The van der Waals surface area contributed by atoms with Gasteiger partial charge in [0, 0.05) is 38.6 Å². The lowest BCUT2D eigenvalue weighted by molar-refractivity contribution is -0.116. The second-order valence-corrected chi connectivity index (χ2v) is 10.1. The molecule has 2 aromatic carbocycles. The number of carbonyl (C=O) groups is 1. The number of carbonyl (C=O) groups excluding carboxylic acids is 1. The van der Waals surface area contributed by atoms with E-state index in [2.05, 4.69) is 33.0 Å². The molecule has 2 N–H and O–H groups in total. The second kappa shape index (κ2) is 9.38. The first kappa shape index (κ1) is 21.8. The van der Waals surface area contributed by atoms with Crippen molar-refractivity contribution in [1.82, 2.24) is 9.62 Å². The van der Waals surface area contributed by atoms with E-state index >= 15 is 0 Å². The first-order chi connectivity index (χ1) is 14.9. The Hall–Kier alpha value is -2.42. The lowest BCUT2D eigenvalue weighted by atomic mass is 10.1. The molecule has 166 valence electrons. The number of benzene rings is 2. The Bertz CT molecular complexity index is 1010. The van der Waals surface area contributed by atoms with Crippen molar-refractivity contribution in [1.29, 1.82) is 0 Å². The first-order valence-corrected chi connectivity index (χ1v) is 12.3. The lowest BCUT2D eigenvalue weighted by Crippen LogP contribution is -2.44. The standard InChI is InChI=1S/C23H30N4O3S/c1-26-14-16-27(17-15-26)22-5-3-2-4-21(22)24-23(28)13-8-18-6-11-20(12-7-18)31(29,30)25-19-9-10-19/h2-7,11-12,19,25H,8-10,13-17H2,1H3,(H,24,28). The van der Waals surface area contributed by atoms with Crippen molar-refractivity contribution in [3.05, 3.63) is 54.1 Å². The molecule has 1 amide bonds. The minimum absolute atomic E-state index is 0.0475. The van der Waals surface area contributed by atoms with Crippen LogP contribution in [0, 0.1) is 0 Å². The average molecular weight is 443 g/mol. The fourth-order valence-electron chi connectivity index (χ4n) is 3.70. The normalized spacial score (nSPS) is 17.5. The molecule has 1 heterocycles. The summed E-state index contributed by atoms with van der Waals surface area (Å²) >= 11 is 0. The van der Waals surface area contributed by atoms with Crippen LogP contribution in [0.5, 0.6) is 0 Å². The number of anilines is 2. The highest BCUT2D eigenvalue weighted by atomic mass is 32.2. The van der Waals surface area contributed by atoms with Crippen molar-refractivity contribution in [2.45, 2.75) is 36.6 Å². The van der Waals surface area contributed by atoms with Gasteiger partial charge in [-0.25, -0.2) is 13.1 Å². The Kier molecular flexibility index (Phi) is 6.60. The van der Waals surface area contributed by atoms with Gasteiger partial charge in [-0.2, -0.15) is 0 Å². The number of piperazine rings is 1. The van der Waals surface area contributed by atoms with Gasteiger partial charge in [-0.15, -0.1) is 0 Å². The largest absolute Gasteiger partial charge is 0.367 e. The molecule has 1 aliphatic heterocycles. The molecule has 0 atom stereocenters. The molecule has 1 aliphatic carbocycles. The number of para-hydroxylation sites is 2. The molecule has 1 saturated carbocycles. The number of aryl methyl sites for hydroxylation is 1. The summed E-state index contributed by atoms with van der Waals surface area (Å²) in [6.45, 7) is 3.89. The highest BCUT2D eigenvalue weighted by molar-refractivity contribution is 7.89. The van der Waals surface area contributed by atoms with Crippen LogP contribution >= 0.6 is 0 Å².